The summed E-state index contributed by atoms with van der Waals surface area (Å²) in [6.45, 7) is 2.12. The summed E-state index contributed by atoms with van der Waals surface area (Å²) in [5.41, 5.74) is 0.527. The number of amides is 2. The van der Waals surface area contributed by atoms with Crippen molar-refractivity contribution in [1.29, 1.82) is 5.41 Å². The fourth-order valence-electron chi connectivity index (χ4n) is 3.05. The minimum Gasteiger partial charge on any atom is -0.360 e. The summed E-state index contributed by atoms with van der Waals surface area (Å²) in [7, 11) is 0. The summed E-state index contributed by atoms with van der Waals surface area (Å²) in [6, 6.07) is 8.85. The molecular formula is C16H19N3O2. The topological polar surface area (TPSA) is 64.5 Å². The van der Waals surface area contributed by atoms with Gasteiger partial charge in [0.25, 0.3) is 5.91 Å². The number of nitrogens with zero attached hydrogens (tertiary/aromatic N) is 2. The Hall–Kier alpha value is -2.17. The zero-order valence-corrected chi connectivity index (χ0v) is 11.9. The van der Waals surface area contributed by atoms with Crippen molar-refractivity contribution in [2.45, 2.75) is 19.3 Å². The van der Waals surface area contributed by atoms with Crippen LogP contribution < -0.4 is 0 Å². The van der Waals surface area contributed by atoms with Crippen LogP contribution in [-0.4, -0.2) is 47.1 Å². The molecule has 5 heteroatoms. The van der Waals surface area contributed by atoms with E-state index in [-0.39, 0.29) is 11.8 Å². The second-order valence-electron chi connectivity index (χ2n) is 5.58. The molecule has 21 heavy (non-hydrogen) atoms. The van der Waals surface area contributed by atoms with Crippen molar-refractivity contribution < 1.29 is 9.59 Å². The van der Waals surface area contributed by atoms with Crippen LogP contribution >= 0.6 is 0 Å². The molecule has 1 atom stereocenters. The first-order chi connectivity index (χ1) is 10.2. The van der Waals surface area contributed by atoms with Crippen molar-refractivity contribution in [3.8, 4) is 0 Å². The molecule has 110 valence electrons. The third-order valence-corrected chi connectivity index (χ3v) is 4.25. The molecule has 1 aromatic carbocycles. The predicted molar refractivity (Wildman–Crippen MR) is 79.1 cm³/mol. The largest absolute Gasteiger partial charge is 0.360 e. The van der Waals surface area contributed by atoms with Crippen LogP contribution in [0.1, 0.15) is 29.6 Å². The second kappa shape index (κ2) is 5.68. The van der Waals surface area contributed by atoms with E-state index in [1.54, 1.807) is 24.3 Å². The Kier molecular flexibility index (Phi) is 3.73. The highest BCUT2D eigenvalue weighted by Crippen LogP contribution is 2.24. The Morgan fingerprint density at radius 1 is 1.10 bits per heavy atom. The molecule has 2 aliphatic heterocycles. The number of hydrogen-bond donors (Lipinski definition) is 1. The van der Waals surface area contributed by atoms with Crippen molar-refractivity contribution in [3.05, 3.63) is 35.9 Å². The molecule has 3 rings (SSSR count). The monoisotopic (exact) mass is 285 g/mol. The van der Waals surface area contributed by atoms with Gasteiger partial charge in [-0.3, -0.25) is 19.9 Å². The van der Waals surface area contributed by atoms with Crippen molar-refractivity contribution in [1.82, 2.24) is 9.80 Å². The zero-order chi connectivity index (χ0) is 14.8. The van der Waals surface area contributed by atoms with Crippen LogP contribution in [0.2, 0.25) is 0 Å². The molecule has 2 amide bonds. The molecule has 0 radical (unpaired) electrons. The van der Waals surface area contributed by atoms with Crippen molar-refractivity contribution in [2.75, 3.05) is 19.6 Å². The number of likely N-dealkylation sites (tertiary alicyclic amines) is 2. The predicted octanol–water partition coefficient (Wildman–Crippen LogP) is 1.75. The van der Waals surface area contributed by atoms with E-state index in [2.05, 4.69) is 0 Å². The maximum absolute atomic E-state index is 12.5. The van der Waals surface area contributed by atoms with Crippen LogP contribution in [0.3, 0.4) is 0 Å². The van der Waals surface area contributed by atoms with E-state index in [1.807, 2.05) is 11.0 Å². The zero-order valence-electron chi connectivity index (χ0n) is 11.9. The highest BCUT2D eigenvalue weighted by molar-refractivity contribution is 6.12. The number of rotatable bonds is 2. The minimum absolute atomic E-state index is 0.222. The first-order valence-corrected chi connectivity index (χ1v) is 7.42. The smallest absolute Gasteiger partial charge is 0.260 e. The number of carbonyl (C=O) groups excluding carboxylic acids is 2. The maximum Gasteiger partial charge on any atom is 0.260 e. The van der Waals surface area contributed by atoms with Crippen LogP contribution in [0, 0.1) is 11.3 Å². The van der Waals surface area contributed by atoms with Crippen LogP contribution in [0.15, 0.2) is 30.3 Å². The van der Waals surface area contributed by atoms with Gasteiger partial charge in [0.05, 0.1) is 5.92 Å². The number of hydrogen-bond acceptors (Lipinski definition) is 3. The standard InChI is InChI=1S/C16H19N3O2/c17-14(18-9-4-5-10-18)13-8-11-19(16(13)21)15(20)12-6-2-1-3-7-12/h1-3,6-7,13,17H,4-5,8-11H2. The molecule has 1 unspecified atom stereocenters. The van der Waals surface area contributed by atoms with E-state index in [1.165, 1.54) is 4.90 Å². The maximum atomic E-state index is 12.5. The summed E-state index contributed by atoms with van der Waals surface area (Å²) in [6.07, 6.45) is 2.72. The lowest BCUT2D eigenvalue weighted by Crippen LogP contribution is -2.40. The molecule has 5 nitrogen and oxygen atoms in total. The molecule has 2 heterocycles. The molecule has 0 aliphatic carbocycles. The Morgan fingerprint density at radius 2 is 1.76 bits per heavy atom. The Balaban J connectivity index is 1.71. The Bertz CT molecular complexity index is 564. The fourth-order valence-corrected chi connectivity index (χ4v) is 3.05. The first kappa shape index (κ1) is 13.8. The molecule has 2 saturated heterocycles. The SMILES string of the molecule is N=C(C1CCN(C(=O)c2ccccc2)C1=O)N1CCCC1. The third-order valence-electron chi connectivity index (χ3n) is 4.25. The first-order valence-electron chi connectivity index (χ1n) is 7.42. The molecule has 0 aromatic heterocycles. The lowest BCUT2D eigenvalue weighted by atomic mass is 10.1. The van der Waals surface area contributed by atoms with Crippen LogP contribution in [0.4, 0.5) is 0 Å². The second-order valence-corrected chi connectivity index (χ2v) is 5.58. The van der Waals surface area contributed by atoms with E-state index < -0.39 is 5.92 Å². The van der Waals surface area contributed by atoms with Gasteiger partial charge < -0.3 is 4.90 Å². The van der Waals surface area contributed by atoms with Gasteiger partial charge >= 0.3 is 0 Å². The number of nitrogens with one attached hydrogen (secondary N) is 1. The van der Waals surface area contributed by atoms with Crippen LogP contribution in [-0.2, 0) is 4.79 Å². The van der Waals surface area contributed by atoms with Gasteiger partial charge in [0.1, 0.15) is 5.84 Å². The van der Waals surface area contributed by atoms with Gasteiger partial charge in [0, 0.05) is 25.2 Å². The average molecular weight is 285 g/mol. The minimum atomic E-state index is -0.448. The number of carbonyl (C=O) groups is 2. The summed E-state index contributed by atoms with van der Waals surface area (Å²) < 4.78 is 0. The van der Waals surface area contributed by atoms with Crippen LogP contribution in [0.25, 0.3) is 0 Å². The number of amidine groups is 1. The highest BCUT2D eigenvalue weighted by Gasteiger charge is 2.40. The van der Waals surface area contributed by atoms with E-state index in [9.17, 15) is 9.59 Å². The van der Waals surface area contributed by atoms with Crippen LogP contribution in [0.5, 0.6) is 0 Å². The molecule has 0 spiro atoms. The number of imide groups is 1. The molecule has 2 fully saturated rings. The fraction of sp³-hybridized carbons (Fsp3) is 0.438. The summed E-state index contributed by atoms with van der Waals surface area (Å²) in [5.74, 6) is -0.533. The van der Waals surface area contributed by atoms with E-state index in [0.717, 1.165) is 25.9 Å². The summed E-state index contributed by atoms with van der Waals surface area (Å²) >= 11 is 0. The van der Waals surface area contributed by atoms with Crippen molar-refractivity contribution >= 4 is 17.6 Å². The lowest BCUT2D eigenvalue weighted by Gasteiger charge is -2.22. The van der Waals surface area contributed by atoms with Crippen molar-refractivity contribution in [3.63, 3.8) is 0 Å². The molecule has 2 aliphatic rings. The number of benzene rings is 1. The van der Waals surface area contributed by atoms with Gasteiger partial charge in [-0.2, -0.15) is 0 Å². The van der Waals surface area contributed by atoms with Gasteiger partial charge in [-0.15, -0.1) is 0 Å². The third kappa shape index (κ3) is 2.55. The van der Waals surface area contributed by atoms with Gasteiger partial charge in [-0.1, -0.05) is 18.2 Å². The van der Waals surface area contributed by atoms with Gasteiger partial charge in [-0.05, 0) is 31.4 Å². The lowest BCUT2D eigenvalue weighted by molar-refractivity contribution is -0.127. The normalized spacial score (nSPS) is 21.9. The molecule has 1 N–H and O–H groups in total. The quantitative estimate of drug-likeness (QED) is 0.511. The highest BCUT2D eigenvalue weighted by atomic mass is 16.2. The van der Waals surface area contributed by atoms with Gasteiger partial charge in [0.2, 0.25) is 5.91 Å². The molecule has 1 aromatic rings. The van der Waals surface area contributed by atoms with E-state index in [4.69, 9.17) is 5.41 Å². The van der Waals surface area contributed by atoms with Crippen molar-refractivity contribution in [2.24, 2.45) is 5.92 Å². The average Bonchev–Trinajstić information content (AvgIpc) is 3.16. The Morgan fingerprint density at radius 3 is 2.43 bits per heavy atom. The molecule has 0 bridgehead atoms. The molecule has 0 saturated carbocycles. The van der Waals surface area contributed by atoms with Gasteiger partial charge in [0.15, 0.2) is 0 Å². The van der Waals surface area contributed by atoms with E-state index >= 15 is 0 Å². The van der Waals surface area contributed by atoms with Gasteiger partial charge in [-0.25, -0.2) is 0 Å². The summed E-state index contributed by atoms with van der Waals surface area (Å²) in [5, 5.41) is 8.22. The Labute approximate surface area is 124 Å². The van der Waals surface area contributed by atoms with E-state index in [0.29, 0.717) is 24.4 Å². The molecular weight excluding hydrogens is 266 g/mol. The summed E-state index contributed by atoms with van der Waals surface area (Å²) in [4.78, 5) is 28.1.